The Kier molecular flexibility index (Phi) is 3.93. The van der Waals surface area contributed by atoms with Gasteiger partial charge < -0.3 is 10.4 Å². The van der Waals surface area contributed by atoms with Crippen LogP contribution in [0.1, 0.15) is 31.9 Å². The van der Waals surface area contributed by atoms with Gasteiger partial charge in [-0.25, -0.2) is 0 Å². The Morgan fingerprint density at radius 2 is 1.89 bits per heavy atom. The van der Waals surface area contributed by atoms with Crippen molar-refractivity contribution in [3.8, 4) is 5.75 Å². The van der Waals surface area contributed by atoms with Crippen molar-refractivity contribution < 1.29 is 5.11 Å². The highest BCUT2D eigenvalue weighted by Crippen LogP contribution is 2.31. The molecule has 2 N–H and O–H groups in total. The smallest absolute Gasteiger partial charge is 0.119 e. The first-order valence-corrected chi connectivity index (χ1v) is 6.72. The zero-order valence-electron chi connectivity index (χ0n) is 11.7. The van der Waals surface area contributed by atoms with E-state index in [0.717, 1.165) is 38.3 Å². The number of phenols is 1. The van der Waals surface area contributed by atoms with Crippen LogP contribution < -0.4 is 5.32 Å². The fraction of sp³-hybridized carbons (Fsp3) is 0.600. The third kappa shape index (κ3) is 3.24. The molecule has 1 fully saturated rings. The predicted molar refractivity (Wildman–Crippen MR) is 75.0 cm³/mol. The van der Waals surface area contributed by atoms with Crippen molar-refractivity contribution in [2.45, 2.75) is 32.7 Å². The maximum Gasteiger partial charge on any atom is 0.119 e. The second-order valence-electron chi connectivity index (χ2n) is 6.13. The van der Waals surface area contributed by atoms with E-state index in [1.807, 2.05) is 12.1 Å². The van der Waals surface area contributed by atoms with Crippen molar-refractivity contribution in [1.82, 2.24) is 10.2 Å². The lowest BCUT2D eigenvalue weighted by atomic mass is 9.85. The van der Waals surface area contributed by atoms with Crippen molar-refractivity contribution in [2.75, 3.05) is 26.2 Å². The van der Waals surface area contributed by atoms with E-state index in [0.29, 0.717) is 5.75 Å². The third-order valence-corrected chi connectivity index (χ3v) is 3.48. The zero-order chi connectivity index (χ0) is 13.2. The molecular weight excluding hydrogens is 224 g/mol. The minimum absolute atomic E-state index is 0.0104. The monoisotopic (exact) mass is 248 g/mol. The van der Waals surface area contributed by atoms with E-state index < -0.39 is 0 Å². The van der Waals surface area contributed by atoms with Gasteiger partial charge in [0, 0.05) is 32.7 Å². The predicted octanol–water partition coefficient (Wildman–Crippen LogP) is 2.09. The lowest BCUT2D eigenvalue weighted by molar-refractivity contribution is 0.233. The molecule has 1 aliphatic rings. The first-order chi connectivity index (χ1) is 8.47. The van der Waals surface area contributed by atoms with Crippen LogP contribution in [0.2, 0.25) is 0 Å². The van der Waals surface area contributed by atoms with Crippen LogP contribution >= 0.6 is 0 Å². The molecule has 0 aromatic heterocycles. The molecular formula is C15H24N2O. The summed E-state index contributed by atoms with van der Waals surface area (Å²) in [5.41, 5.74) is 2.32. The Balaban J connectivity index is 2.14. The molecule has 0 bridgehead atoms. The van der Waals surface area contributed by atoms with Gasteiger partial charge in [0.25, 0.3) is 0 Å². The molecule has 0 radical (unpaired) electrons. The van der Waals surface area contributed by atoms with Crippen LogP contribution in [0.15, 0.2) is 18.2 Å². The second-order valence-corrected chi connectivity index (χ2v) is 6.13. The van der Waals surface area contributed by atoms with Gasteiger partial charge in [-0.2, -0.15) is 0 Å². The van der Waals surface area contributed by atoms with Gasteiger partial charge in [0.15, 0.2) is 0 Å². The molecule has 2 rings (SSSR count). The maximum atomic E-state index is 9.95. The van der Waals surface area contributed by atoms with E-state index in [1.165, 1.54) is 5.56 Å². The summed E-state index contributed by atoms with van der Waals surface area (Å²) in [6, 6.07) is 6.02. The van der Waals surface area contributed by atoms with Gasteiger partial charge in [0.2, 0.25) is 0 Å². The van der Waals surface area contributed by atoms with E-state index in [4.69, 9.17) is 0 Å². The lowest BCUT2D eigenvalue weighted by Crippen LogP contribution is -2.42. The first kappa shape index (κ1) is 13.4. The Hall–Kier alpha value is -1.06. The summed E-state index contributed by atoms with van der Waals surface area (Å²) in [7, 11) is 0. The molecule has 1 aliphatic heterocycles. The van der Waals surface area contributed by atoms with Gasteiger partial charge >= 0.3 is 0 Å². The third-order valence-electron chi connectivity index (χ3n) is 3.48. The summed E-state index contributed by atoms with van der Waals surface area (Å²) in [6.07, 6.45) is 0. The minimum Gasteiger partial charge on any atom is -0.508 e. The molecule has 3 heteroatoms. The van der Waals surface area contributed by atoms with Crippen molar-refractivity contribution in [2.24, 2.45) is 0 Å². The quantitative estimate of drug-likeness (QED) is 0.841. The van der Waals surface area contributed by atoms with Gasteiger partial charge in [0.05, 0.1) is 0 Å². The van der Waals surface area contributed by atoms with Gasteiger partial charge in [-0.05, 0) is 22.6 Å². The minimum atomic E-state index is -0.0104. The summed E-state index contributed by atoms with van der Waals surface area (Å²) < 4.78 is 0. The largest absolute Gasteiger partial charge is 0.508 e. The molecule has 1 heterocycles. The van der Waals surface area contributed by atoms with E-state index in [2.05, 4.69) is 37.1 Å². The Morgan fingerprint density at radius 1 is 1.22 bits per heavy atom. The highest BCUT2D eigenvalue weighted by Gasteiger charge is 2.19. The van der Waals surface area contributed by atoms with Crippen LogP contribution in [-0.2, 0) is 12.0 Å². The van der Waals surface area contributed by atoms with Crippen LogP contribution in [0.25, 0.3) is 0 Å². The number of hydrogen-bond acceptors (Lipinski definition) is 3. The van der Waals surface area contributed by atoms with Gasteiger partial charge in [-0.1, -0.05) is 32.9 Å². The number of aromatic hydroxyl groups is 1. The molecule has 0 saturated carbocycles. The molecule has 1 aromatic rings. The molecule has 3 nitrogen and oxygen atoms in total. The Bertz CT molecular complexity index is 403. The maximum absolute atomic E-state index is 9.95. The number of benzene rings is 1. The SMILES string of the molecule is CC(C)(C)c1cc(CN2CCNCC2)ccc1O. The standard InChI is InChI=1S/C15H24N2O/c1-15(2,3)13-10-12(4-5-14(13)18)11-17-8-6-16-7-9-17/h4-5,10,16,18H,6-9,11H2,1-3H3. The number of nitrogens with zero attached hydrogens (tertiary/aromatic N) is 1. The molecule has 0 atom stereocenters. The molecule has 0 aliphatic carbocycles. The summed E-state index contributed by atoms with van der Waals surface area (Å²) in [6.45, 7) is 11.7. The normalized spacial score (nSPS) is 17.9. The second kappa shape index (κ2) is 5.29. The molecule has 0 unspecified atom stereocenters. The van der Waals surface area contributed by atoms with Crippen LogP contribution in [0.4, 0.5) is 0 Å². The average molecular weight is 248 g/mol. The van der Waals surface area contributed by atoms with Crippen molar-refractivity contribution in [3.05, 3.63) is 29.3 Å². The van der Waals surface area contributed by atoms with E-state index in [9.17, 15) is 5.11 Å². The zero-order valence-corrected chi connectivity index (χ0v) is 11.7. The summed E-state index contributed by atoms with van der Waals surface area (Å²) in [4.78, 5) is 2.45. The number of rotatable bonds is 2. The van der Waals surface area contributed by atoms with Gasteiger partial charge in [-0.3, -0.25) is 4.90 Å². The Labute approximate surface area is 110 Å². The summed E-state index contributed by atoms with van der Waals surface area (Å²) in [5.74, 6) is 0.409. The van der Waals surface area contributed by atoms with Crippen LogP contribution in [0.5, 0.6) is 5.75 Å². The highest BCUT2D eigenvalue weighted by molar-refractivity contribution is 5.40. The van der Waals surface area contributed by atoms with Crippen LogP contribution in [0, 0.1) is 0 Å². The fourth-order valence-corrected chi connectivity index (χ4v) is 2.41. The fourth-order valence-electron chi connectivity index (χ4n) is 2.41. The van der Waals surface area contributed by atoms with Crippen LogP contribution in [0.3, 0.4) is 0 Å². The molecule has 0 amide bonds. The number of piperazine rings is 1. The van der Waals surface area contributed by atoms with E-state index >= 15 is 0 Å². The Morgan fingerprint density at radius 3 is 2.50 bits per heavy atom. The number of nitrogens with one attached hydrogen (secondary N) is 1. The molecule has 100 valence electrons. The number of hydrogen-bond donors (Lipinski definition) is 2. The lowest BCUT2D eigenvalue weighted by Gasteiger charge is -2.28. The number of phenolic OH excluding ortho intramolecular Hbond substituents is 1. The average Bonchev–Trinajstić information content (AvgIpc) is 2.31. The van der Waals surface area contributed by atoms with E-state index in [1.54, 1.807) is 0 Å². The molecule has 1 aromatic carbocycles. The van der Waals surface area contributed by atoms with Gasteiger partial charge in [0.1, 0.15) is 5.75 Å². The van der Waals surface area contributed by atoms with Crippen molar-refractivity contribution >= 4 is 0 Å². The molecule has 18 heavy (non-hydrogen) atoms. The van der Waals surface area contributed by atoms with Crippen molar-refractivity contribution in [3.63, 3.8) is 0 Å². The topological polar surface area (TPSA) is 35.5 Å². The first-order valence-electron chi connectivity index (χ1n) is 6.72. The molecule has 1 saturated heterocycles. The van der Waals surface area contributed by atoms with E-state index in [-0.39, 0.29) is 5.41 Å². The van der Waals surface area contributed by atoms with Crippen LogP contribution in [-0.4, -0.2) is 36.2 Å². The van der Waals surface area contributed by atoms with Gasteiger partial charge in [-0.15, -0.1) is 0 Å². The highest BCUT2D eigenvalue weighted by atomic mass is 16.3. The summed E-state index contributed by atoms with van der Waals surface area (Å²) in [5, 5.41) is 13.3. The molecule has 0 spiro atoms. The summed E-state index contributed by atoms with van der Waals surface area (Å²) >= 11 is 0. The van der Waals surface area contributed by atoms with Crippen molar-refractivity contribution in [1.29, 1.82) is 0 Å².